The van der Waals surface area contributed by atoms with E-state index in [9.17, 15) is 18.0 Å². The number of furan rings is 1. The molecular weight excluding hydrogens is 273 g/mol. The first kappa shape index (κ1) is 14.7. The molecule has 0 saturated heterocycles. The molecule has 20 heavy (non-hydrogen) atoms. The SMILES string of the molecule is CCCC[C@@H]1C(=O)OC(c2ccco2)=C[C@@H]1C(F)(F)F. The number of carbonyl (C=O) groups is 1. The Bertz CT molecular complexity index is 488. The average Bonchev–Trinajstić information content (AvgIpc) is 2.89. The number of unbranched alkanes of at least 4 members (excludes halogenated alkanes) is 1. The van der Waals surface area contributed by atoms with Crippen molar-refractivity contribution in [3.8, 4) is 0 Å². The number of cyclic esters (lactones) is 1. The molecule has 0 bridgehead atoms. The van der Waals surface area contributed by atoms with E-state index in [2.05, 4.69) is 0 Å². The minimum Gasteiger partial charge on any atom is -0.461 e. The summed E-state index contributed by atoms with van der Waals surface area (Å²) in [4.78, 5) is 11.9. The van der Waals surface area contributed by atoms with E-state index in [1.165, 1.54) is 18.4 Å². The number of hydrogen-bond acceptors (Lipinski definition) is 3. The zero-order chi connectivity index (χ0) is 14.8. The van der Waals surface area contributed by atoms with Gasteiger partial charge in [-0.25, -0.2) is 0 Å². The van der Waals surface area contributed by atoms with Crippen LogP contribution in [0, 0.1) is 11.8 Å². The molecule has 0 aliphatic carbocycles. The Morgan fingerprint density at radius 1 is 1.35 bits per heavy atom. The normalized spacial score (nSPS) is 23.4. The second-order valence-electron chi connectivity index (χ2n) is 4.75. The summed E-state index contributed by atoms with van der Waals surface area (Å²) < 4.78 is 49.4. The van der Waals surface area contributed by atoms with Crippen molar-refractivity contribution in [1.82, 2.24) is 0 Å². The summed E-state index contributed by atoms with van der Waals surface area (Å²) in [5.41, 5.74) is 0. The number of rotatable bonds is 4. The average molecular weight is 288 g/mol. The van der Waals surface area contributed by atoms with Gasteiger partial charge in [0.15, 0.2) is 11.5 Å². The van der Waals surface area contributed by atoms with Gasteiger partial charge >= 0.3 is 12.1 Å². The molecule has 2 heterocycles. The number of halogens is 3. The smallest absolute Gasteiger partial charge is 0.396 e. The second-order valence-corrected chi connectivity index (χ2v) is 4.75. The predicted octanol–water partition coefficient (Wildman–Crippen LogP) is 4.16. The van der Waals surface area contributed by atoms with Crippen LogP contribution in [-0.4, -0.2) is 12.1 Å². The van der Waals surface area contributed by atoms with Crippen LogP contribution in [0.5, 0.6) is 0 Å². The number of esters is 1. The molecule has 0 radical (unpaired) electrons. The number of alkyl halides is 3. The molecule has 0 fully saturated rings. The van der Waals surface area contributed by atoms with Crippen molar-refractivity contribution in [3.63, 3.8) is 0 Å². The number of hydrogen-bond donors (Lipinski definition) is 0. The van der Waals surface area contributed by atoms with E-state index in [1.807, 2.05) is 6.92 Å². The lowest BCUT2D eigenvalue weighted by Gasteiger charge is -2.29. The van der Waals surface area contributed by atoms with E-state index < -0.39 is 24.0 Å². The number of ether oxygens (including phenoxy) is 1. The highest BCUT2D eigenvalue weighted by molar-refractivity contribution is 5.82. The van der Waals surface area contributed by atoms with Crippen molar-refractivity contribution in [2.45, 2.75) is 32.4 Å². The van der Waals surface area contributed by atoms with E-state index in [0.29, 0.717) is 6.42 Å². The van der Waals surface area contributed by atoms with Crippen LogP contribution in [0.3, 0.4) is 0 Å². The Labute approximate surface area is 114 Å². The third-order valence-electron chi connectivity index (χ3n) is 3.29. The summed E-state index contributed by atoms with van der Waals surface area (Å²) in [6, 6.07) is 2.98. The topological polar surface area (TPSA) is 39.4 Å². The maximum Gasteiger partial charge on any atom is 0.396 e. The van der Waals surface area contributed by atoms with Gasteiger partial charge in [0.05, 0.1) is 18.1 Å². The van der Waals surface area contributed by atoms with Gasteiger partial charge in [0.1, 0.15) is 0 Å². The maximum atomic E-state index is 13.1. The van der Waals surface area contributed by atoms with Crippen LogP contribution in [0.4, 0.5) is 13.2 Å². The third kappa shape index (κ3) is 3.05. The molecule has 3 nitrogen and oxygen atoms in total. The molecule has 0 saturated carbocycles. The van der Waals surface area contributed by atoms with E-state index in [-0.39, 0.29) is 17.9 Å². The van der Waals surface area contributed by atoms with Crippen LogP contribution in [0.2, 0.25) is 0 Å². The van der Waals surface area contributed by atoms with Gasteiger partial charge in [-0.2, -0.15) is 13.2 Å². The quantitative estimate of drug-likeness (QED) is 0.781. The van der Waals surface area contributed by atoms with Crippen LogP contribution in [0.1, 0.15) is 31.9 Å². The Morgan fingerprint density at radius 2 is 2.10 bits per heavy atom. The van der Waals surface area contributed by atoms with Crippen LogP contribution < -0.4 is 0 Å². The molecule has 0 aromatic carbocycles. The maximum absolute atomic E-state index is 13.1. The molecule has 0 unspecified atom stereocenters. The lowest BCUT2D eigenvalue weighted by atomic mass is 9.85. The van der Waals surface area contributed by atoms with E-state index in [0.717, 1.165) is 12.5 Å². The van der Waals surface area contributed by atoms with Crippen molar-refractivity contribution < 1.29 is 27.1 Å². The highest BCUT2D eigenvalue weighted by atomic mass is 19.4. The zero-order valence-corrected chi connectivity index (χ0v) is 10.9. The summed E-state index contributed by atoms with van der Waals surface area (Å²) >= 11 is 0. The van der Waals surface area contributed by atoms with E-state index >= 15 is 0 Å². The van der Waals surface area contributed by atoms with Gasteiger partial charge in [0, 0.05) is 0 Å². The molecule has 1 aromatic rings. The first-order valence-electron chi connectivity index (χ1n) is 6.47. The number of allylic oxidation sites excluding steroid dienone is 1. The Hall–Kier alpha value is -1.72. The molecule has 0 amide bonds. The third-order valence-corrected chi connectivity index (χ3v) is 3.29. The predicted molar refractivity (Wildman–Crippen MR) is 65.3 cm³/mol. The molecule has 6 heteroatoms. The molecule has 110 valence electrons. The van der Waals surface area contributed by atoms with E-state index in [1.54, 1.807) is 0 Å². The Balaban J connectivity index is 2.31. The second kappa shape index (κ2) is 5.73. The summed E-state index contributed by atoms with van der Waals surface area (Å²) in [6.07, 6.45) is -0.771. The Morgan fingerprint density at radius 3 is 2.65 bits per heavy atom. The van der Waals surface area contributed by atoms with Gasteiger partial charge in [-0.3, -0.25) is 4.79 Å². The minimum atomic E-state index is -4.48. The molecule has 2 atom stereocenters. The fourth-order valence-electron chi connectivity index (χ4n) is 2.24. The molecule has 2 rings (SSSR count). The highest BCUT2D eigenvalue weighted by Crippen LogP contribution is 2.41. The zero-order valence-electron chi connectivity index (χ0n) is 10.9. The lowest BCUT2D eigenvalue weighted by Crippen LogP contribution is -2.37. The standard InChI is InChI=1S/C14H15F3O3/c1-2-3-5-9-10(14(15,16)17)8-12(20-13(9)18)11-6-4-7-19-11/h4,6-10H,2-3,5H2,1H3/t9-,10-/m0/s1. The largest absolute Gasteiger partial charge is 0.461 e. The van der Waals surface area contributed by atoms with Crippen LogP contribution >= 0.6 is 0 Å². The first-order valence-corrected chi connectivity index (χ1v) is 6.47. The molecule has 1 aromatic heterocycles. The van der Waals surface area contributed by atoms with Crippen molar-refractivity contribution >= 4 is 11.7 Å². The Kier molecular flexibility index (Phi) is 4.20. The fraction of sp³-hybridized carbons (Fsp3) is 0.500. The molecule has 0 N–H and O–H groups in total. The summed E-state index contributed by atoms with van der Waals surface area (Å²) in [6.45, 7) is 1.86. The van der Waals surface area contributed by atoms with Crippen molar-refractivity contribution in [2.75, 3.05) is 0 Å². The summed E-state index contributed by atoms with van der Waals surface area (Å²) in [7, 11) is 0. The molecule has 1 aliphatic heterocycles. The summed E-state index contributed by atoms with van der Waals surface area (Å²) in [5.74, 6) is -3.87. The fourth-order valence-corrected chi connectivity index (χ4v) is 2.24. The minimum absolute atomic E-state index is 0.126. The molecule has 1 aliphatic rings. The van der Waals surface area contributed by atoms with Gasteiger partial charge < -0.3 is 9.15 Å². The van der Waals surface area contributed by atoms with Gasteiger partial charge in [0.25, 0.3) is 0 Å². The number of carbonyl (C=O) groups excluding carboxylic acids is 1. The lowest BCUT2D eigenvalue weighted by molar-refractivity contribution is -0.188. The van der Waals surface area contributed by atoms with Crippen LogP contribution in [0.15, 0.2) is 28.9 Å². The van der Waals surface area contributed by atoms with Crippen molar-refractivity contribution in [3.05, 3.63) is 30.2 Å². The highest BCUT2D eigenvalue weighted by Gasteiger charge is 2.49. The molecule has 0 spiro atoms. The van der Waals surface area contributed by atoms with Crippen molar-refractivity contribution in [2.24, 2.45) is 11.8 Å². The van der Waals surface area contributed by atoms with Gasteiger partial charge in [-0.05, 0) is 24.6 Å². The summed E-state index contributed by atoms with van der Waals surface area (Å²) in [5, 5.41) is 0. The molecular formula is C14H15F3O3. The van der Waals surface area contributed by atoms with Gasteiger partial charge in [-0.15, -0.1) is 0 Å². The van der Waals surface area contributed by atoms with Crippen molar-refractivity contribution in [1.29, 1.82) is 0 Å². The first-order chi connectivity index (χ1) is 9.43. The van der Waals surface area contributed by atoms with Crippen LogP contribution in [-0.2, 0) is 9.53 Å². The van der Waals surface area contributed by atoms with E-state index in [4.69, 9.17) is 9.15 Å². The van der Waals surface area contributed by atoms with Gasteiger partial charge in [0.2, 0.25) is 0 Å². The van der Waals surface area contributed by atoms with Gasteiger partial charge in [-0.1, -0.05) is 19.8 Å². The van der Waals surface area contributed by atoms with Crippen LogP contribution in [0.25, 0.3) is 5.76 Å². The monoisotopic (exact) mass is 288 g/mol.